The molecule has 0 heterocycles. The van der Waals surface area contributed by atoms with Crippen molar-refractivity contribution in [2.75, 3.05) is 9.80 Å². The van der Waals surface area contributed by atoms with Gasteiger partial charge in [0.15, 0.2) is 0 Å². The number of hydrogen-bond donors (Lipinski definition) is 0. The minimum absolute atomic E-state index is 0.0446. The minimum atomic E-state index is -0.815. The number of non-ortho nitro benzene ring substituents is 2. The van der Waals surface area contributed by atoms with Gasteiger partial charge in [0.25, 0.3) is 11.4 Å². The summed E-state index contributed by atoms with van der Waals surface area (Å²) < 4.78 is 0. The van der Waals surface area contributed by atoms with Gasteiger partial charge >= 0.3 is 0 Å². The molecule has 0 N–H and O–H groups in total. The minimum Gasteiger partial charge on any atom is -0.311 e. The maximum Gasteiger partial charge on any atom is 0.269 e. The van der Waals surface area contributed by atoms with E-state index in [1.165, 1.54) is 35.4 Å². The summed E-state index contributed by atoms with van der Waals surface area (Å²) in [7, 11) is 0. The lowest BCUT2D eigenvalue weighted by Crippen LogP contribution is -2.26. The van der Waals surface area contributed by atoms with Crippen molar-refractivity contribution in [3.8, 4) is 44.5 Å². The Bertz CT molecular complexity index is 4180. The van der Waals surface area contributed by atoms with Crippen molar-refractivity contribution in [1.29, 1.82) is 0 Å². The molecule has 0 aromatic heterocycles. The Kier molecular flexibility index (Phi) is 13.2. The lowest BCUT2D eigenvalue weighted by molar-refractivity contribution is -0.385. The predicted octanol–water partition coefficient (Wildman–Crippen LogP) is 20.5. The molecule has 0 saturated heterocycles. The van der Waals surface area contributed by atoms with Crippen molar-refractivity contribution in [2.24, 2.45) is 0 Å². The van der Waals surface area contributed by atoms with E-state index in [0.29, 0.717) is 0 Å². The first-order valence-electron chi connectivity index (χ1n) is 28.2. The third kappa shape index (κ3) is 9.53. The van der Waals surface area contributed by atoms with E-state index >= 15 is 0 Å². The van der Waals surface area contributed by atoms with Crippen LogP contribution in [0, 0.1) is 20.2 Å². The fourth-order valence-corrected chi connectivity index (χ4v) is 12.4. The molecule has 0 radical (unpaired) electrons. The number of nitro groups is 2. The fraction of sp³-hybridized carbons (Fsp3) is 0.0130. The summed E-state index contributed by atoms with van der Waals surface area (Å²) in [6.07, 6.45) is 8.20. The molecular weight excluding hydrogens is 1040 g/mol. The number of nitro benzene ring substituents is 2. The van der Waals surface area contributed by atoms with Crippen LogP contribution in [-0.4, -0.2) is 9.85 Å². The lowest BCUT2D eigenvalue weighted by Gasteiger charge is -2.31. The highest BCUT2D eigenvalue weighted by molar-refractivity contribution is 5.98. The van der Waals surface area contributed by atoms with E-state index in [2.05, 4.69) is 240 Å². The predicted molar refractivity (Wildman–Crippen MR) is 347 cm³/mol. The van der Waals surface area contributed by atoms with Crippen LogP contribution in [0.2, 0.25) is 0 Å². The van der Waals surface area contributed by atoms with E-state index in [9.17, 15) is 20.2 Å². The maximum absolute atomic E-state index is 11.6. The summed E-state index contributed by atoms with van der Waals surface area (Å²) >= 11 is 0. The van der Waals surface area contributed by atoms with Crippen molar-refractivity contribution in [3.05, 3.63) is 356 Å². The van der Waals surface area contributed by atoms with Gasteiger partial charge in [-0.1, -0.05) is 170 Å². The van der Waals surface area contributed by atoms with Gasteiger partial charge in [0.05, 0.1) is 15.3 Å². The van der Waals surface area contributed by atoms with E-state index < -0.39 is 5.41 Å². The summed E-state index contributed by atoms with van der Waals surface area (Å²) in [4.78, 5) is 27.0. The molecule has 0 bridgehead atoms. The molecular formula is C77H52N4O4. The molecule has 0 fully saturated rings. The average molecular weight is 1100 g/mol. The quantitative estimate of drug-likeness (QED) is 0.0612. The largest absolute Gasteiger partial charge is 0.311 e. The summed E-state index contributed by atoms with van der Waals surface area (Å²) in [5.74, 6) is 0. The number of anilines is 6. The standard InChI is InChI=1S/C77H52N4O4/c82-80(83)67-37-25-53(26-38-67)21-23-55-29-45-69-70-46-30-56(24-22-54-27-39-68(40-28-54)81(84)85)50-74(70)77(73(69)49-55)75-51-59(57-31-41-65(42-32-57)78(61-13-5-1-6-14-61)62-15-7-2-8-16-62)35-47-71(75)72-48-36-60(52-76(72)77)58-33-43-66(44-34-58)79(63-17-9-3-10-18-63)64-19-11-4-12-20-64/h1-52H/b23-21-,24-22-. The van der Waals surface area contributed by atoms with E-state index in [1.54, 1.807) is 24.3 Å². The highest BCUT2D eigenvalue weighted by Crippen LogP contribution is 2.64. The molecule has 0 amide bonds. The smallest absolute Gasteiger partial charge is 0.269 e. The molecule has 1 spiro atoms. The zero-order valence-corrected chi connectivity index (χ0v) is 45.9. The Labute approximate surface area is 492 Å². The van der Waals surface area contributed by atoms with E-state index in [1.807, 2.05) is 36.4 Å². The monoisotopic (exact) mass is 1100 g/mol. The van der Waals surface area contributed by atoms with E-state index in [0.717, 1.165) is 112 Å². The molecule has 0 unspecified atom stereocenters. The molecule has 2 aliphatic carbocycles. The molecule has 85 heavy (non-hydrogen) atoms. The molecule has 8 heteroatoms. The van der Waals surface area contributed by atoms with Gasteiger partial charge in [-0.2, -0.15) is 0 Å². The SMILES string of the molecule is O=[N+]([O-])c1ccc(/C=C\c2ccc3c(c2)C2(c4cc(/C=C\c5ccc([N+](=O)[O-])cc5)ccc4-3)c3cc(-c4ccc(N(c5ccccc5)c5ccccc5)cc4)ccc3-c3ccc(-c4ccc(N(c5ccccc5)c5ccccc5)cc4)cc32)cc1. The first-order valence-corrected chi connectivity index (χ1v) is 28.2. The summed E-state index contributed by atoms with van der Waals surface area (Å²) in [5.41, 5.74) is 22.8. The van der Waals surface area contributed by atoms with E-state index in [4.69, 9.17) is 0 Å². The zero-order chi connectivity index (χ0) is 57.4. The Morgan fingerprint density at radius 1 is 0.271 bits per heavy atom. The van der Waals surface area contributed by atoms with Crippen molar-refractivity contribution < 1.29 is 9.85 Å². The van der Waals surface area contributed by atoms with Crippen LogP contribution >= 0.6 is 0 Å². The van der Waals surface area contributed by atoms with Crippen molar-refractivity contribution in [3.63, 3.8) is 0 Å². The van der Waals surface area contributed by atoms with Crippen LogP contribution in [-0.2, 0) is 5.41 Å². The first-order chi connectivity index (χ1) is 41.8. The van der Waals surface area contributed by atoms with Gasteiger partial charge < -0.3 is 9.80 Å². The van der Waals surface area contributed by atoms with Gasteiger partial charge in [-0.05, 0) is 210 Å². The van der Waals surface area contributed by atoms with Crippen molar-refractivity contribution in [2.45, 2.75) is 5.41 Å². The molecule has 0 atom stereocenters. The number of benzene rings is 12. The van der Waals surface area contributed by atoms with Gasteiger partial charge in [-0.25, -0.2) is 0 Å². The van der Waals surface area contributed by atoms with Crippen LogP contribution in [0.15, 0.2) is 291 Å². The number of para-hydroxylation sites is 4. The van der Waals surface area contributed by atoms with Crippen LogP contribution in [0.25, 0.3) is 68.8 Å². The summed E-state index contributed by atoms with van der Waals surface area (Å²) in [6.45, 7) is 0. The Morgan fingerprint density at radius 2 is 0.529 bits per heavy atom. The number of rotatable bonds is 14. The second-order valence-electron chi connectivity index (χ2n) is 21.4. The average Bonchev–Trinajstić information content (AvgIpc) is 1.55. The van der Waals surface area contributed by atoms with Crippen molar-refractivity contribution in [1.82, 2.24) is 0 Å². The van der Waals surface area contributed by atoms with Crippen LogP contribution in [0.3, 0.4) is 0 Å². The number of fused-ring (bicyclic) bond motifs is 10. The molecule has 12 aromatic carbocycles. The van der Waals surface area contributed by atoms with Gasteiger partial charge in [0.1, 0.15) is 0 Å². The Balaban J connectivity index is 0.948. The second-order valence-corrected chi connectivity index (χ2v) is 21.4. The van der Waals surface area contributed by atoms with Crippen LogP contribution in [0.4, 0.5) is 45.5 Å². The topological polar surface area (TPSA) is 92.8 Å². The maximum atomic E-state index is 11.6. The highest BCUT2D eigenvalue weighted by atomic mass is 16.6. The van der Waals surface area contributed by atoms with Gasteiger partial charge in [0.2, 0.25) is 0 Å². The molecule has 2 aliphatic rings. The van der Waals surface area contributed by atoms with Gasteiger partial charge in [0, 0.05) is 58.4 Å². The van der Waals surface area contributed by atoms with Crippen LogP contribution < -0.4 is 9.80 Å². The molecule has 8 nitrogen and oxygen atoms in total. The van der Waals surface area contributed by atoms with Crippen LogP contribution in [0.1, 0.15) is 44.5 Å². The Hall–Kier alpha value is -11.5. The van der Waals surface area contributed by atoms with Gasteiger partial charge in [-0.15, -0.1) is 0 Å². The number of hydrogen-bond acceptors (Lipinski definition) is 6. The van der Waals surface area contributed by atoms with E-state index in [-0.39, 0.29) is 21.2 Å². The van der Waals surface area contributed by atoms with Crippen molar-refractivity contribution >= 4 is 69.8 Å². The molecule has 12 aromatic rings. The van der Waals surface area contributed by atoms with Crippen LogP contribution in [0.5, 0.6) is 0 Å². The third-order valence-electron chi connectivity index (χ3n) is 16.4. The highest BCUT2D eigenvalue weighted by Gasteiger charge is 2.52. The molecule has 14 rings (SSSR count). The first kappa shape index (κ1) is 51.7. The molecule has 0 saturated carbocycles. The zero-order valence-electron chi connectivity index (χ0n) is 45.9. The molecule has 404 valence electrons. The Morgan fingerprint density at radius 3 is 0.847 bits per heavy atom. The third-order valence-corrected chi connectivity index (χ3v) is 16.4. The molecule has 0 aliphatic heterocycles. The number of nitrogens with zero attached hydrogens (tertiary/aromatic N) is 4. The summed E-state index contributed by atoms with van der Waals surface area (Å²) in [5, 5.41) is 23.2. The lowest BCUT2D eigenvalue weighted by atomic mass is 9.69. The second kappa shape index (κ2) is 21.8. The fourth-order valence-electron chi connectivity index (χ4n) is 12.4. The van der Waals surface area contributed by atoms with Gasteiger partial charge in [-0.3, -0.25) is 20.2 Å². The normalized spacial score (nSPS) is 12.4. The summed E-state index contributed by atoms with van der Waals surface area (Å²) in [6, 6.07) is 100.